The standard InChI is InChI=1S/C21H25N3O3/c1-5-21(6-2)19(26)23(20(27)22-21)13-18(25)17-12-14(3)24(15(17)4)16-10-8-7-9-11-16/h7-12H,5-6,13H2,1-4H3,(H,22,27). The summed E-state index contributed by atoms with van der Waals surface area (Å²) in [4.78, 5) is 39.0. The van der Waals surface area contributed by atoms with E-state index in [4.69, 9.17) is 0 Å². The molecule has 1 aliphatic rings. The summed E-state index contributed by atoms with van der Waals surface area (Å²) < 4.78 is 2.00. The number of urea groups is 1. The van der Waals surface area contributed by atoms with Crippen molar-refractivity contribution in [2.75, 3.05) is 6.54 Å². The molecule has 0 atom stereocenters. The number of aromatic nitrogens is 1. The van der Waals surface area contributed by atoms with Crippen LogP contribution in [0.3, 0.4) is 0 Å². The van der Waals surface area contributed by atoms with E-state index in [2.05, 4.69) is 5.32 Å². The molecule has 6 nitrogen and oxygen atoms in total. The number of para-hydroxylation sites is 1. The van der Waals surface area contributed by atoms with Crippen molar-refractivity contribution in [2.45, 2.75) is 46.1 Å². The average Bonchev–Trinajstić information content (AvgIpc) is 3.10. The highest BCUT2D eigenvalue weighted by molar-refractivity contribution is 6.11. The maximum atomic E-state index is 12.9. The number of rotatable bonds is 6. The molecule has 0 spiro atoms. The molecule has 0 bridgehead atoms. The summed E-state index contributed by atoms with van der Waals surface area (Å²) in [7, 11) is 0. The lowest BCUT2D eigenvalue weighted by Crippen LogP contribution is -2.46. The van der Waals surface area contributed by atoms with Crippen LogP contribution in [0.2, 0.25) is 0 Å². The SMILES string of the molecule is CCC1(CC)NC(=O)N(CC(=O)c2cc(C)n(-c3ccccc3)c2C)C1=O. The second kappa shape index (κ2) is 7.02. The number of carbonyl (C=O) groups is 3. The lowest BCUT2D eigenvalue weighted by atomic mass is 9.93. The molecule has 27 heavy (non-hydrogen) atoms. The van der Waals surface area contributed by atoms with E-state index in [1.807, 2.05) is 68.7 Å². The molecule has 1 aliphatic heterocycles. The highest BCUT2D eigenvalue weighted by Crippen LogP contribution is 2.26. The summed E-state index contributed by atoms with van der Waals surface area (Å²) in [6.45, 7) is 7.29. The molecule has 3 amide bonds. The Kier molecular flexibility index (Phi) is 4.91. The second-order valence-electron chi connectivity index (χ2n) is 6.99. The molecular formula is C21H25N3O3. The number of imide groups is 1. The van der Waals surface area contributed by atoms with Crippen molar-refractivity contribution < 1.29 is 14.4 Å². The fourth-order valence-corrected chi connectivity index (χ4v) is 3.80. The first-order valence-electron chi connectivity index (χ1n) is 9.26. The maximum Gasteiger partial charge on any atom is 0.325 e. The lowest BCUT2D eigenvalue weighted by Gasteiger charge is -2.22. The monoisotopic (exact) mass is 367 g/mol. The second-order valence-corrected chi connectivity index (χ2v) is 6.99. The number of Topliss-reactive ketones (excluding diaryl/α,β-unsaturated/α-hetero) is 1. The summed E-state index contributed by atoms with van der Waals surface area (Å²) in [5.41, 5.74) is 2.34. The minimum atomic E-state index is -0.891. The highest BCUT2D eigenvalue weighted by Gasteiger charge is 2.49. The van der Waals surface area contributed by atoms with Crippen LogP contribution in [0.5, 0.6) is 0 Å². The number of amides is 3. The Balaban J connectivity index is 1.88. The first-order valence-corrected chi connectivity index (χ1v) is 9.26. The van der Waals surface area contributed by atoms with E-state index in [1.165, 1.54) is 0 Å². The van der Waals surface area contributed by atoms with E-state index < -0.39 is 11.6 Å². The van der Waals surface area contributed by atoms with Gasteiger partial charge in [0.1, 0.15) is 5.54 Å². The van der Waals surface area contributed by atoms with Crippen LogP contribution >= 0.6 is 0 Å². The number of nitrogens with one attached hydrogen (secondary N) is 1. The third-order valence-electron chi connectivity index (χ3n) is 5.50. The van der Waals surface area contributed by atoms with Gasteiger partial charge in [0.25, 0.3) is 5.91 Å². The van der Waals surface area contributed by atoms with Crippen LogP contribution in [0.4, 0.5) is 4.79 Å². The molecule has 3 rings (SSSR count). The summed E-state index contributed by atoms with van der Waals surface area (Å²) in [6.07, 6.45) is 1.00. The van der Waals surface area contributed by atoms with E-state index in [9.17, 15) is 14.4 Å². The maximum absolute atomic E-state index is 12.9. The van der Waals surface area contributed by atoms with Gasteiger partial charge in [-0.25, -0.2) is 4.79 Å². The number of benzene rings is 1. The topological polar surface area (TPSA) is 71.4 Å². The predicted octanol–water partition coefficient (Wildman–Crippen LogP) is 3.39. The normalized spacial score (nSPS) is 15.9. The molecule has 142 valence electrons. The molecule has 1 aromatic carbocycles. The van der Waals surface area contributed by atoms with Crippen LogP contribution in [-0.2, 0) is 4.79 Å². The van der Waals surface area contributed by atoms with Gasteiger partial charge >= 0.3 is 6.03 Å². The molecule has 1 N–H and O–H groups in total. The Morgan fingerprint density at radius 3 is 2.26 bits per heavy atom. The summed E-state index contributed by atoms with van der Waals surface area (Å²) in [6, 6.07) is 11.1. The van der Waals surface area contributed by atoms with Crippen LogP contribution in [0.1, 0.15) is 48.4 Å². The van der Waals surface area contributed by atoms with Crippen molar-refractivity contribution in [1.29, 1.82) is 0 Å². The third kappa shape index (κ3) is 3.05. The van der Waals surface area contributed by atoms with Crippen molar-refractivity contribution in [3.8, 4) is 5.69 Å². The molecular weight excluding hydrogens is 342 g/mol. The fraction of sp³-hybridized carbons (Fsp3) is 0.381. The van der Waals surface area contributed by atoms with Gasteiger partial charge in [-0.05, 0) is 44.9 Å². The van der Waals surface area contributed by atoms with Gasteiger partial charge in [0.05, 0.1) is 6.54 Å². The zero-order valence-corrected chi connectivity index (χ0v) is 16.2. The van der Waals surface area contributed by atoms with Crippen molar-refractivity contribution >= 4 is 17.7 Å². The minimum Gasteiger partial charge on any atom is -0.323 e. The van der Waals surface area contributed by atoms with Crippen LogP contribution in [0.15, 0.2) is 36.4 Å². The molecule has 1 aromatic heterocycles. The molecule has 6 heteroatoms. The minimum absolute atomic E-state index is 0.239. The number of nitrogens with zero attached hydrogens (tertiary/aromatic N) is 2. The first-order chi connectivity index (χ1) is 12.8. The molecule has 0 aliphatic carbocycles. The molecule has 2 aromatic rings. The van der Waals surface area contributed by atoms with Crippen LogP contribution in [0.25, 0.3) is 5.69 Å². The Hall–Kier alpha value is -2.89. The fourth-order valence-electron chi connectivity index (χ4n) is 3.80. The zero-order valence-electron chi connectivity index (χ0n) is 16.2. The number of hydrogen-bond acceptors (Lipinski definition) is 3. The molecule has 1 saturated heterocycles. The molecule has 0 radical (unpaired) electrons. The number of hydrogen-bond donors (Lipinski definition) is 1. The Bertz CT molecular complexity index is 895. The predicted molar refractivity (Wildman–Crippen MR) is 103 cm³/mol. The number of carbonyl (C=O) groups excluding carboxylic acids is 3. The first kappa shape index (κ1) is 18.9. The van der Waals surface area contributed by atoms with E-state index >= 15 is 0 Å². The third-order valence-corrected chi connectivity index (χ3v) is 5.50. The van der Waals surface area contributed by atoms with Crippen LogP contribution in [0, 0.1) is 13.8 Å². The smallest absolute Gasteiger partial charge is 0.323 e. The molecule has 1 fully saturated rings. The number of ketones is 1. The van der Waals surface area contributed by atoms with E-state index in [0.717, 1.165) is 22.0 Å². The van der Waals surface area contributed by atoms with E-state index in [1.54, 1.807) is 0 Å². The van der Waals surface area contributed by atoms with Gasteiger partial charge in [-0.2, -0.15) is 0 Å². The van der Waals surface area contributed by atoms with Crippen molar-refractivity contribution in [1.82, 2.24) is 14.8 Å². The Morgan fingerprint density at radius 1 is 1.07 bits per heavy atom. The quantitative estimate of drug-likeness (QED) is 0.628. The van der Waals surface area contributed by atoms with Crippen molar-refractivity contribution in [3.63, 3.8) is 0 Å². The summed E-state index contributed by atoms with van der Waals surface area (Å²) in [5.74, 6) is -0.556. The highest BCUT2D eigenvalue weighted by atomic mass is 16.2. The van der Waals surface area contributed by atoms with Gasteiger partial charge in [-0.3, -0.25) is 14.5 Å². The molecule has 2 heterocycles. The van der Waals surface area contributed by atoms with Crippen LogP contribution < -0.4 is 5.32 Å². The van der Waals surface area contributed by atoms with Gasteiger partial charge in [0, 0.05) is 22.6 Å². The summed E-state index contributed by atoms with van der Waals surface area (Å²) >= 11 is 0. The largest absolute Gasteiger partial charge is 0.325 e. The molecule has 0 unspecified atom stereocenters. The summed E-state index contributed by atoms with van der Waals surface area (Å²) in [5, 5.41) is 2.76. The van der Waals surface area contributed by atoms with Gasteiger partial charge < -0.3 is 9.88 Å². The Labute approximate surface area is 159 Å². The van der Waals surface area contributed by atoms with Gasteiger partial charge in [0.15, 0.2) is 5.78 Å². The lowest BCUT2D eigenvalue weighted by molar-refractivity contribution is -0.131. The zero-order chi connectivity index (χ0) is 19.8. The molecule has 0 saturated carbocycles. The number of aryl methyl sites for hydroxylation is 1. The van der Waals surface area contributed by atoms with Gasteiger partial charge in [-0.1, -0.05) is 32.0 Å². The van der Waals surface area contributed by atoms with Gasteiger partial charge in [-0.15, -0.1) is 0 Å². The Morgan fingerprint density at radius 2 is 1.70 bits per heavy atom. The van der Waals surface area contributed by atoms with E-state index in [0.29, 0.717) is 18.4 Å². The van der Waals surface area contributed by atoms with Crippen molar-refractivity contribution in [3.05, 3.63) is 53.3 Å². The van der Waals surface area contributed by atoms with Crippen molar-refractivity contribution in [2.24, 2.45) is 0 Å². The average molecular weight is 367 g/mol. The van der Waals surface area contributed by atoms with E-state index in [-0.39, 0.29) is 18.2 Å². The van der Waals surface area contributed by atoms with Crippen LogP contribution in [-0.4, -0.2) is 39.3 Å². The van der Waals surface area contributed by atoms with Gasteiger partial charge in [0.2, 0.25) is 0 Å².